The summed E-state index contributed by atoms with van der Waals surface area (Å²) in [6.07, 6.45) is 2.47. The molecule has 4 unspecified atom stereocenters. The first kappa shape index (κ1) is 11.5. The normalized spacial score (nSPS) is 40.6. The van der Waals surface area contributed by atoms with Crippen LogP contribution in [-0.4, -0.2) is 21.8 Å². The number of rotatable bonds is 2. The van der Waals surface area contributed by atoms with Crippen molar-refractivity contribution >= 4 is 5.97 Å². The van der Waals surface area contributed by atoms with E-state index in [9.17, 15) is 9.90 Å². The summed E-state index contributed by atoms with van der Waals surface area (Å²) in [7, 11) is 0. The molecule has 0 radical (unpaired) electrons. The van der Waals surface area contributed by atoms with E-state index in [1.807, 2.05) is 6.92 Å². The average Bonchev–Trinajstić information content (AvgIpc) is 2.10. The first-order chi connectivity index (χ1) is 6.38. The molecule has 14 heavy (non-hydrogen) atoms. The Labute approximate surface area is 85.1 Å². The lowest BCUT2D eigenvalue weighted by Crippen LogP contribution is -2.49. The van der Waals surface area contributed by atoms with Crippen molar-refractivity contribution in [1.82, 2.24) is 0 Å². The van der Waals surface area contributed by atoms with Crippen LogP contribution in [0.2, 0.25) is 0 Å². The van der Waals surface area contributed by atoms with Gasteiger partial charge in [0.25, 0.3) is 0 Å². The van der Waals surface area contributed by atoms with Gasteiger partial charge in [0, 0.05) is 0 Å². The van der Waals surface area contributed by atoms with Gasteiger partial charge in [0.05, 0.1) is 11.5 Å². The molecule has 3 heteroatoms. The summed E-state index contributed by atoms with van der Waals surface area (Å²) < 4.78 is 0. The molecule has 82 valence electrons. The smallest absolute Gasteiger partial charge is 0.309 e. The van der Waals surface area contributed by atoms with E-state index in [1.54, 1.807) is 6.92 Å². The van der Waals surface area contributed by atoms with Crippen molar-refractivity contribution in [2.75, 3.05) is 0 Å². The van der Waals surface area contributed by atoms with E-state index in [4.69, 9.17) is 5.11 Å². The summed E-state index contributed by atoms with van der Waals surface area (Å²) >= 11 is 0. The minimum atomic E-state index is -1.00. The van der Waals surface area contributed by atoms with Crippen molar-refractivity contribution in [3.63, 3.8) is 0 Å². The molecule has 0 bridgehead atoms. The monoisotopic (exact) mass is 200 g/mol. The largest absolute Gasteiger partial charge is 0.481 e. The Hall–Kier alpha value is -0.570. The van der Waals surface area contributed by atoms with Crippen molar-refractivity contribution in [1.29, 1.82) is 0 Å². The molecule has 1 aliphatic rings. The molecule has 1 saturated carbocycles. The standard InChI is InChI=1S/C11H20O3/c1-7-4-5-11(14,8(2)6-7)9(3)10(12)13/h7-9,14H,4-6H2,1-3H3,(H,12,13). The van der Waals surface area contributed by atoms with Gasteiger partial charge in [0.2, 0.25) is 0 Å². The number of carboxylic acid groups (broad SMARTS) is 1. The zero-order valence-corrected chi connectivity index (χ0v) is 9.16. The lowest BCUT2D eigenvalue weighted by atomic mass is 9.67. The Morgan fingerprint density at radius 1 is 1.50 bits per heavy atom. The predicted octanol–water partition coefficient (Wildman–Crippen LogP) is 1.89. The van der Waals surface area contributed by atoms with Crippen LogP contribution in [0, 0.1) is 17.8 Å². The van der Waals surface area contributed by atoms with Gasteiger partial charge in [-0.1, -0.05) is 13.8 Å². The second kappa shape index (κ2) is 3.89. The van der Waals surface area contributed by atoms with Gasteiger partial charge in [-0.25, -0.2) is 0 Å². The minimum absolute atomic E-state index is 0.0809. The third-order valence-electron chi connectivity index (χ3n) is 3.77. The van der Waals surface area contributed by atoms with E-state index in [2.05, 4.69) is 6.92 Å². The topological polar surface area (TPSA) is 57.5 Å². The predicted molar refractivity (Wildman–Crippen MR) is 53.9 cm³/mol. The van der Waals surface area contributed by atoms with Gasteiger partial charge in [0.15, 0.2) is 0 Å². The van der Waals surface area contributed by atoms with Crippen molar-refractivity contribution in [3.8, 4) is 0 Å². The van der Waals surface area contributed by atoms with Crippen molar-refractivity contribution < 1.29 is 15.0 Å². The van der Waals surface area contributed by atoms with Crippen LogP contribution in [0.5, 0.6) is 0 Å². The second-order valence-corrected chi connectivity index (χ2v) is 4.83. The van der Waals surface area contributed by atoms with Crippen LogP contribution in [0.4, 0.5) is 0 Å². The second-order valence-electron chi connectivity index (χ2n) is 4.83. The first-order valence-corrected chi connectivity index (χ1v) is 5.33. The number of aliphatic hydroxyl groups is 1. The summed E-state index contributed by atoms with van der Waals surface area (Å²) in [5.74, 6) is -0.873. The Kier molecular flexibility index (Phi) is 3.20. The van der Waals surface area contributed by atoms with Gasteiger partial charge in [-0.15, -0.1) is 0 Å². The lowest BCUT2D eigenvalue weighted by molar-refractivity contribution is -0.160. The van der Waals surface area contributed by atoms with E-state index < -0.39 is 17.5 Å². The molecule has 1 fully saturated rings. The molecule has 0 aromatic heterocycles. The molecule has 0 saturated heterocycles. The van der Waals surface area contributed by atoms with E-state index in [-0.39, 0.29) is 5.92 Å². The van der Waals surface area contributed by atoms with Gasteiger partial charge >= 0.3 is 5.97 Å². The molecule has 0 aromatic rings. The molecule has 4 atom stereocenters. The lowest BCUT2D eigenvalue weighted by Gasteiger charge is -2.43. The van der Waals surface area contributed by atoms with Gasteiger partial charge in [0.1, 0.15) is 0 Å². The van der Waals surface area contributed by atoms with E-state index in [1.165, 1.54) is 0 Å². The molecule has 0 heterocycles. The molecule has 0 aromatic carbocycles. The highest BCUT2D eigenvalue weighted by atomic mass is 16.4. The van der Waals surface area contributed by atoms with E-state index in [0.29, 0.717) is 12.3 Å². The fraction of sp³-hybridized carbons (Fsp3) is 0.909. The Bertz CT molecular complexity index is 227. The molecule has 1 rings (SSSR count). The SMILES string of the molecule is CC1CCC(O)(C(C)C(=O)O)C(C)C1. The van der Waals surface area contributed by atoms with Crippen molar-refractivity contribution in [2.24, 2.45) is 17.8 Å². The summed E-state index contributed by atoms with van der Waals surface area (Å²) in [5.41, 5.74) is -1.00. The maximum Gasteiger partial charge on any atom is 0.309 e. The molecular weight excluding hydrogens is 180 g/mol. The summed E-state index contributed by atoms with van der Waals surface area (Å²) in [5, 5.41) is 19.2. The Morgan fingerprint density at radius 2 is 2.07 bits per heavy atom. The fourth-order valence-corrected chi connectivity index (χ4v) is 2.51. The zero-order chi connectivity index (χ0) is 10.9. The van der Waals surface area contributed by atoms with Crippen molar-refractivity contribution in [3.05, 3.63) is 0 Å². The Morgan fingerprint density at radius 3 is 2.50 bits per heavy atom. The quantitative estimate of drug-likeness (QED) is 0.715. The Balaban J connectivity index is 2.78. The summed E-state index contributed by atoms with van der Waals surface area (Å²) in [6, 6.07) is 0. The number of carboxylic acids is 1. The summed E-state index contributed by atoms with van der Waals surface area (Å²) in [6.45, 7) is 5.71. The third kappa shape index (κ3) is 1.92. The number of carbonyl (C=O) groups is 1. The molecule has 1 aliphatic carbocycles. The molecule has 0 aliphatic heterocycles. The summed E-state index contributed by atoms with van der Waals surface area (Å²) in [4.78, 5) is 10.9. The molecule has 0 amide bonds. The van der Waals surface area contributed by atoms with Crippen LogP contribution in [-0.2, 0) is 4.79 Å². The van der Waals surface area contributed by atoms with Crippen molar-refractivity contribution in [2.45, 2.75) is 45.6 Å². The number of hydrogen-bond acceptors (Lipinski definition) is 2. The molecule has 0 spiro atoms. The van der Waals surface area contributed by atoms with Crippen LogP contribution < -0.4 is 0 Å². The number of hydrogen-bond donors (Lipinski definition) is 2. The van der Waals surface area contributed by atoms with Gasteiger partial charge < -0.3 is 10.2 Å². The van der Waals surface area contributed by atoms with Gasteiger partial charge in [-0.05, 0) is 38.0 Å². The highest BCUT2D eigenvalue weighted by Crippen LogP contribution is 2.41. The van der Waals surface area contributed by atoms with Crippen LogP contribution in [0.25, 0.3) is 0 Å². The third-order valence-corrected chi connectivity index (χ3v) is 3.77. The van der Waals surface area contributed by atoms with Gasteiger partial charge in [-0.3, -0.25) is 4.79 Å². The first-order valence-electron chi connectivity index (χ1n) is 5.33. The average molecular weight is 200 g/mol. The highest BCUT2D eigenvalue weighted by molar-refractivity contribution is 5.71. The molecular formula is C11H20O3. The van der Waals surface area contributed by atoms with Crippen LogP contribution >= 0.6 is 0 Å². The van der Waals surface area contributed by atoms with Gasteiger partial charge in [-0.2, -0.15) is 0 Å². The maximum atomic E-state index is 10.9. The molecule has 2 N–H and O–H groups in total. The fourth-order valence-electron chi connectivity index (χ4n) is 2.51. The highest BCUT2D eigenvalue weighted by Gasteiger charge is 2.45. The minimum Gasteiger partial charge on any atom is -0.481 e. The van der Waals surface area contributed by atoms with E-state index >= 15 is 0 Å². The van der Waals surface area contributed by atoms with Crippen LogP contribution in [0.15, 0.2) is 0 Å². The zero-order valence-electron chi connectivity index (χ0n) is 9.16. The number of aliphatic carboxylic acids is 1. The van der Waals surface area contributed by atoms with Crippen LogP contribution in [0.1, 0.15) is 40.0 Å². The maximum absolute atomic E-state index is 10.9. The molecule has 3 nitrogen and oxygen atoms in total. The van der Waals surface area contributed by atoms with E-state index in [0.717, 1.165) is 12.8 Å². The van der Waals surface area contributed by atoms with Crippen LogP contribution in [0.3, 0.4) is 0 Å².